The first-order valence-electron chi connectivity index (χ1n) is 7.72. The second-order valence-corrected chi connectivity index (χ2v) is 6.33. The van der Waals surface area contributed by atoms with E-state index in [9.17, 15) is 14.4 Å². The molecule has 0 bridgehead atoms. The predicted molar refractivity (Wildman–Crippen MR) is 96.5 cm³/mol. The molecule has 0 unspecified atom stereocenters. The van der Waals surface area contributed by atoms with Crippen LogP contribution in [-0.4, -0.2) is 23.2 Å². The molecule has 1 amide bonds. The van der Waals surface area contributed by atoms with E-state index in [1.54, 1.807) is 18.2 Å². The first-order chi connectivity index (χ1) is 12.4. The Kier molecular flexibility index (Phi) is 3.58. The molecular weight excluding hydrogens is 360 g/mol. The highest BCUT2D eigenvalue weighted by molar-refractivity contribution is 6.33. The standard InChI is InChI=1S/C17H13ClN4O4/c1-7-5-11(21-20-7)22-6-8-9(18)3-4-10(12(8)17(22)25)19-13-14(23)15(24)16(13)26-2/h3-5,19H,6H2,1-2H3,(H,20,21). The molecule has 2 N–H and O–H groups in total. The van der Waals surface area contributed by atoms with Crippen LogP contribution >= 0.6 is 11.6 Å². The van der Waals surface area contributed by atoms with Crippen LogP contribution in [0, 0.1) is 6.92 Å². The Morgan fingerprint density at radius 3 is 2.69 bits per heavy atom. The van der Waals surface area contributed by atoms with Crippen molar-refractivity contribution in [2.24, 2.45) is 0 Å². The second kappa shape index (κ2) is 5.70. The number of aromatic amines is 1. The monoisotopic (exact) mass is 372 g/mol. The van der Waals surface area contributed by atoms with Crippen molar-refractivity contribution in [2.45, 2.75) is 13.5 Å². The Hall–Kier alpha value is -3.13. The van der Waals surface area contributed by atoms with Gasteiger partial charge >= 0.3 is 0 Å². The number of benzene rings is 1. The minimum absolute atomic E-state index is 0.0330. The van der Waals surface area contributed by atoms with Crippen LogP contribution in [0.5, 0.6) is 5.75 Å². The molecule has 2 aromatic carbocycles. The number of fused-ring (bicyclic) bond motifs is 1. The molecule has 1 aromatic heterocycles. The Bertz CT molecular complexity index is 1130. The Morgan fingerprint density at radius 2 is 2.04 bits per heavy atom. The summed E-state index contributed by atoms with van der Waals surface area (Å²) in [5.41, 5.74) is 0.774. The molecule has 3 aromatic rings. The molecule has 8 nitrogen and oxygen atoms in total. The van der Waals surface area contributed by atoms with Crippen molar-refractivity contribution in [3.8, 4) is 5.75 Å². The molecule has 0 spiro atoms. The van der Waals surface area contributed by atoms with Crippen LogP contribution in [0.4, 0.5) is 17.2 Å². The number of amides is 1. The third-order valence-electron chi connectivity index (χ3n) is 4.34. The number of nitrogens with zero attached hydrogens (tertiary/aromatic N) is 2. The van der Waals surface area contributed by atoms with Crippen LogP contribution in [0.15, 0.2) is 27.8 Å². The smallest absolute Gasteiger partial charge is 0.272 e. The van der Waals surface area contributed by atoms with Crippen molar-refractivity contribution in [1.29, 1.82) is 0 Å². The van der Waals surface area contributed by atoms with Gasteiger partial charge in [-0.3, -0.25) is 24.4 Å². The van der Waals surface area contributed by atoms with Gasteiger partial charge in [0.05, 0.1) is 30.6 Å². The number of ether oxygens (including phenoxy) is 1. The summed E-state index contributed by atoms with van der Waals surface area (Å²) in [5.74, 6) is 0.217. The van der Waals surface area contributed by atoms with E-state index < -0.39 is 10.9 Å². The normalized spacial score (nSPS) is 13.3. The van der Waals surface area contributed by atoms with E-state index in [4.69, 9.17) is 16.3 Å². The van der Waals surface area contributed by atoms with Gasteiger partial charge < -0.3 is 10.1 Å². The van der Waals surface area contributed by atoms with E-state index in [1.807, 2.05) is 6.92 Å². The minimum atomic E-state index is -0.693. The van der Waals surface area contributed by atoms with Crippen molar-refractivity contribution >= 4 is 34.7 Å². The summed E-state index contributed by atoms with van der Waals surface area (Å²) >= 11 is 6.27. The summed E-state index contributed by atoms with van der Waals surface area (Å²) < 4.78 is 4.93. The lowest BCUT2D eigenvalue weighted by molar-refractivity contribution is 0.0996. The molecule has 1 aliphatic heterocycles. The molecule has 132 valence electrons. The number of methoxy groups -OCH3 is 1. The average molecular weight is 373 g/mol. The molecule has 0 saturated carbocycles. The van der Waals surface area contributed by atoms with E-state index in [0.717, 1.165) is 5.69 Å². The summed E-state index contributed by atoms with van der Waals surface area (Å²) in [5, 5.41) is 10.1. The zero-order chi connectivity index (χ0) is 18.6. The summed E-state index contributed by atoms with van der Waals surface area (Å²) in [7, 11) is 1.31. The number of nitrogens with one attached hydrogen (secondary N) is 2. The van der Waals surface area contributed by atoms with Gasteiger partial charge in [-0.05, 0) is 19.1 Å². The van der Waals surface area contributed by atoms with E-state index in [1.165, 1.54) is 12.0 Å². The Morgan fingerprint density at radius 1 is 1.27 bits per heavy atom. The van der Waals surface area contributed by atoms with Crippen molar-refractivity contribution in [2.75, 3.05) is 17.3 Å². The molecule has 4 rings (SSSR count). The first-order valence-corrected chi connectivity index (χ1v) is 8.09. The zero-order valence-corrected chi connectivity index (χ0v) is 14.6. The fourth-order valence-electron chi connectivity index (χ4n) is 3.04. The maximum atomic E-state index is 12.9. The summed E-state index contributed by atoms with van der Waals surface area (Å²) in [6.45, 7) is 2.08. The number of H-pyrrole nitrogens is 1. The summed E-state index contributed by atoms with van der Waals surface area (Å²) in [6, 6.07) is 4.98. The highest BCUT2D eigenvalue weighted by Gasteiger charge is 2.34. The largest absolute Gasteiger partial charge is 0.491 e. The number of aromatic nitrogens is 2. The fraction of sp³-hybridized carbons (Fsp3) is 0.176. The third kappa shape index (κ3) is 2.22. The van der Waals surface area contributed by atoms with Crippen LogP contribution < -0.4 is 25.8 Å². The van der Waals surface area contributed by atoms with Crippen LogP contribution in [-0.2, 0) is 6.54 Å². The van der Waals surface area contributed by atoms with Crippen LogP contribution in [0.2, 0.25) is 5.02 Å². The second-order valence-electron chi connectivity index (χ2n) is 5.93. The van der Waals surface area contributed by atoms with E-state index in [-0.39, 0.29) is 23.9 Å². The molecule has 26 heavy (non-hydrogen) atoms. The highest BCUT2D eigenvalue weighted by Crippen LogP contribution is 2.38. The Labute approximate surface area is 152 Å². The van der Waals surface area contributed by atoms with E-state index in [0.29, 0.717) is 27.7 Å². The third-order valence-corrected chi connectivity index (χ3v) is 4.70. The molecular formula is C17H13ClN4O4. The lowest BCUT2D eigenvalue weighted by Crippen LogP contribution is -2.34. The van der Waals surface area contributed by atoms with E-state index in [2.05, 4.69) is 15.5 Å². The van der Waals surface area contributed by atoms with Crippen LogP contribution in [0.1, 0.15) is 21.6 Å². The van der Waals surface area contributed by atoms with Crippen molar-refractivity contribution in [3.63, 3.8) is 0 Å². The van der Waals surface area contributed by atoms with Gasteiger partial charge in [0.2, 0.25) is 0 Å². The molecule has 0 fully saturated rings. The van der Waals surface area contributed by atoms with Gasteiger partial charge in [-0.2, -0.15) is 5.10 Å². The SMILES string of the molecule is COc1c(Nc2ccc(Cl)c3c2C(=O)N(c2cc(C)n[nH]2)C3)c(=O)c1=O. The number of hydrogen-bond acceptors (Lipinski definition) is 6. The quantitative estimate of drug-likeness (QED) is 0.677. The van der Waals surface area contributed by atoms with Gasteiger partial charge in [-0.1, -0.05) is 11.6 Å². The molecule has 1 aliphatic rings. The number of halogens is 1. The average Bonchev–Trinajstić information content (AvgIpc) is 3.20. The summed E-state index contributed by atoms with van der Waals surface area (Å²) in [4.78, 5) is 37.8. The molecule has 9 heteroatoms. The van der Waals surface area contributed by atoms with Crippen molar-refractivity contribution in [3.05, 3.63) is 60.5 Å². The Balaban J connectivity index is 1.76. The molecule has 0 saturated heterocycles. The van der Waals surface area contributed by atoms with Crippen LogP contribution in [0.3, 0.4) is 0 Å². The highest BCUT2D eigenvalue weighted by atomic mass is 35.5. The number of hydrogen-bond donors (Lipinski definition) is 2. The van der Waals surface area contributed by atoms with Crippen molar-refractivity contribution < 1.29 is 9.53 Å². The number of anilines is 3. The molecule has 0 atom stereocenters. The number of carbonyl (C=O) groups excluding carboxylic acids is 1. The number of carbonyl (C=O) groups is 1. The zero-order valence-electron chi connectivity index (χ0n) is 13.8. The topological polar surface area (TPSA) is 104 Å². The number of aryl methyl sites for hydroxylation is 1. The molecule has 0 radical (unpaired) electrons. The van der Waals surface area contributed by atoms with Crippen LogP contribution in [0.25, 0.3) is 0 Å². The molecule has 0 aliphatic carbocycles. The van der Waals surface area contributed by atoms with Gasteiger partial charge in [0.1, 0.15) is 11.5 Å². The maximum Gasteiger partial charge on any atom is 0.272 e. The van der Waals surface area contributed by atoms with E-state index >= 15 is 0 Å². The van der Waals surface area contributed by atoms with Crippen molar-refractivity contribution in [1.82, 2.24) is 10.2 Å². The lowest BCUT2D eigenvalue weighted by atomic mass is 10.1. The van der Waals surface area contributed by atoms with Gasteiger partial charge in [-0.15, -0.1) is 0 Å². The van der Waals surface area contributed by atoms with Gasteiger partial charge in [0.15, 0.2) is 5.75 Å². The van der Waals surface area contributed by atoms with Gasteiger partial charge in [0, 0.05) is 16.7 Å². The summed E-state index contributed by atoms with van der Waals surface area (Å²) in [6.07, 6.45) is 0. The van der Waals surface area contributed by atoms with Gasteiger partial charge in [-0.25, -0.2) is 0 Å². The number of rotatable bonds is 4. The minimum Gasteiger partial charge on any atom is -0.491 e. The fourth-order valence-corrected chi connectivity index (χ4v) is 3.26. The molecule has 2 heterocycles. The lowest BCUT2D eigenvalue weighted by Gasteiger charge is -2.15. The predicted octanol–water partition coefficient (Wildman–Crippen LogP) is 1.88. The maximum absolute atomic E-state index is 12.9. The first kappa shape index (κ1) is 16.3. The van der Waals surface area contributed by atoms with Gasteiger partial charge in [0.25, 0.3) is 16.8 Å².